The Hall–Kier alpha value is -2.73. The molecule has 3 rings (SSSR count). The smallest absolute Gasteiger partial charge is 0.255 e. The number of benzene rings is 2. The molecule has 2 aromatic rings. The first kappa shape index (κ1) is 19.0. The highest BCUT2D eigenvalue weighted by molar-refractivity contribution is 6.05. The number of amides is 2. The van der Waals surface area contributed by atoms with Gasteiger partial charge in [-0.1, -0.05) is 6.07 Å². The van der Waals surface area contributed by atoms with Gasteiger partial charge in [0, 0.05) is 30.8 Å². The second-order valence-electron chi connectivity index (χ2n) is 6.50. The molecular formula is C21H24FN3O2. The molecule has 0 aliphatic carbocycles. The van der Waals surface area contributed by atoms with Crippen molar-refractivity contribution in [2.45, 2.75) is 26.8 Å². The van der Waals surface area contributed by atoms with Crippen molar-refractivity contribution in [3.05, 3.63) is 64.5 Å². The molecule has 2 N–H and O–H groups in total. The monoisotopic (exact) mass is 369 g/mol. The molecule has 27 heavy (non-hydrogen) atoms. The normalized spacial score (nSPS) is 13.0. The third-order valence-electron chi connectivity index (χ3n) is 4.90. The number of fused-ring (bicyclic) bond motifs is 1. The van der Waals surface area contributed by atoms with Gasteiger partial charge in [0.05, 0.1) is 5.69 Å². The molecule has 2 aromatic carbocycles. The van der Waals surface area contributed by atoms with Crippen LogP contribution in [-0.2, 0) is 13.0 Å². The minimum absolute atomic E-state index is 0.0682. The molecule has 0 atom stereocenters. The molecule has 1 aliphatic rings. The summed E-state index contributed by atoms with van der Waals surface area (Å²) < 4.78 is 14.7. The summed E-state index contributed by atoms with van der Waals surface area (Å²) in [5.74, 6) is -0.832. The summed E-state index contributed by atoms with van der Waals surface area (Å²) >= 11 is 0. The largest absolute Gasteiger partial charge is 0.339 e. The average molecular weight is 369 g/mol. The Morgan fingerprint density at radius 3 is 2.41 bits per heavy atom. The van der Waals surface area contributed by atoms with Crippen molar-refractivity contribution in [1.29, 1.82) is 0 Å². The lowest BCUT2D eigenvalue weighted by molar-refractivity contribution is 0.0772. The fraction of sp³-hybridized carbons (Fsp3) is 0.333. The highest BCUT2D eigenvalue weighted by Crippen LogP contribution is 2.25. The lowest BCUT2D eigenvalue weighted by atomic mass is 9.99. The minimum Gasteiger partial charge on any atom is -0.339 e. The van der Waals surface area contributed by atoms with Crippen LogP contribution in [0.25, 0.3) is 0 Å². The van der Waals surface area contributed by atoms with Gasteiger partial charge in [-0.2, -0.15) is 0 Å². The third-order valence-corrected chi connectivity index (χ3v) is 4.90. The SMILES string of the molecule is CCN(CC)C(=O)c1ccc(C(=O)Nc2ccc3c(c2F)CCNC3)cc1. The molecule has 0 radical (unpaired) electrons. The predicted molar refractivity (Wildman–Crippen MR) is 103 cm³/mol. The zero-order valence-corrected chi connectivity index (χ0v) is 15.6. The van der Waals surface area contributed by atoms with E-state index in [-0.39, 0.29) is 17.4 Å². The summed E-state index contributed by atoms with van der Waals surface area (Å²) in [6, 6.07) is 9.87. The highest BCUT2D eigenvalue weighted by atomic mass is 19.1. The Morgan fingerprint density at radius 1 is 1.07 bits per heavy atom. The molecule has 6 heteroatoms. The molecule has 0 unspecified atom stereocenters. The second-order valence-corrected chi connectivity index (χ2v) is 6.50. The number of rotatable bonds is 5. The van der Waals surface area contributed by atoms with Gasteiger partial charge in [-0.3, -0.25) is 9.59 Å². The van der Waals surface area contributed by atoms with Gasteiger partial charge in [-0.15, -0.1) is 0 Å². The Kier molecular flexibility index (Phi) is 5.86. The van der Waals surface area contributed by atoms with E-state index in [1.54, 1.807) is 35.2 Å². The summed E-state index contributed by atoms with van der Waals surface area (Å²) in [5, 5.41) is 5.84. The first-order valence-corrected chi connectivity index (χ1v) is 9.26. The van der Waals surface area contributed by atoms with E-state index in [1.807, 2.05) is 19.9 Å². The van der Waals surface area contributed by atoms with Crippen LogP contribution in [0.2, 0.25) is 0 Å². The van der Waals surface area contributed by atoms with Gasteiger partial charge < -0.3 is 15.5 Å². The molecule has 0 saturated carbocycles. The van der Waals surface area contributed by atoms with Crippen molar-refractivity contribution in [2.75, 3.05) is 25.0 Å². The van der Waals surface area contributed by atoms with Gasteiger partial charge in [0.2, 0.25) is 0 Å². The van der Waals surface area contributed by atoms with Crippen molar-refractivity contribution in [2.24, 2.45) is 0 Å². The van der Waals surface area contributed by atoms with Gasteiger partial charge in [-0.25, -0.2) is 4.39 Å². The zero-order valence-electron chi connectivity index (χ0n) is 15.6. The van der Waals surface area contributed by atoms with Crippen molar-refractivity contribution in [3.8, 4) is 0 Å². The summed E-state index contributed by atoms with van der Waals surface area (Å²) in [6.07, 6.45) is 0.604. The molecule has 0 aromatic heterocycles. The zero-order chi connectivity index (χ0) is 19.4. The van der Waals surface area contributed by atoms with E-state index in [4.69, 9.17) is 0 Å². The van der Waals surface area contributed by atoms with Crippen LogP contribution >= 0.6 is 0 Å². The molecule has 0 bridgehead atoms. The fourth-order valence-corrected chi connectivity index (χ4v) is 3.28. The van der Waals surface area contributed by atoms with Crippen LogP contribution in [0.3, 0.4) is 0 Å². The topological polar surface area (TPSA) is 61.4 Å². The first-order valence-electron chi connectivity index (χ1n) is 9.26. The number of hydrogen-bond donors (Lipinski definition) is 2. The second kappa shape index (κ2) is 8.31. The standard InChI is InChI=1S/C21H24FN3O2/c1-3-25(4-2)21(27)15-7-5-14(6-8-15)20(26)24-18-10-9-16-13-23-12-11-17(16)19(18)22/h5-10,23H,3-4,11-13H2,1-2H3,(H,24,26). The van der Waals surface area contributed by atoms with Gasteiger partial charge in [0.15, 0.2) is 0 Å². The molecule has 0 spiro atoms. The van der Waals surface area contributed by atoms with E-state index >= 15 is 0 Å². The number of hydrogen-bond acceptors (Lipinski definition) is 3. The number of carbonyl (C=O) groups is 2. The number of halogens is 1. The maximum Gasteiger partial charge on any atom is 0.255 e. The Labute approximate surface area is 158 Å². The van der Waals surface area contributed by atoms with Gasteiger partial charge in [0.25, 0.3) is 11.8 Å². The Bertz CT molecular complexity index is 845. The summed E-state index contributed by atoms with van der Waals surface area (Å²) in [7, 11) is 0. The van der Waals surface area contributed by atoms with Crippen LogP contribution in [0.15, 0.2) is 36.4 Å². The van der Waals surface area contributed by atoms with Crippen molar-refractivity contribution in [1.82, 2.24) is 10.2 Å². The molecule has 0 saturated heterocycles. The summed E-state index contributed by atoms with van der Waals surface area (Å²) in [4.78, 5) is 26.5. The molecular weight excluding hydrogens is 345 g/mol. The van der Waals surface area contributed by atoms with Crippen molar-refractivity contribution in [3.63, 3.8) is 0 Å². The minimum atomic E-state index is -0.398. The number of nitrogens with one attached hydrogen (secondary N) is 2. The lowest BCUT2D eigenvalue weighted by Gasteiger charge is -2.19. The van der Waals surface area contributed by atoms with Gasteiger partial charge >= 0.3 is 0 Å². The van der Waals surface area contributed by atoms with E-state index < -0.39 is 5.91 Å². The van der Waals surface area contributed by atoms with Gasteiger partial charge in [-0.05, 0) is 68.3 Å². The van der Waals surface area contributed by atoms with Crippen LogP contribution < -0.4 is 10.6 Å². The molecule has 5 nitrogen and oxygen atoms in total. The summed E-state index contributed by atoms with van der Waals surface area (Å²) in [5.41, 5.74) is 2.68. The van der Waals surface area contributed by atoms with Crippen LogP contribution in [-0.4, -0.2) is 36.3 Å². The van der Waals surface area contributed by atoms with E-state index in [0.29, 0.717) is 42.7 Å². The van der Waals surface area contributed by atoms with Crippen LogP contribution in [0, 0.1) is 5.82 Å². The van der Waals surface area contributed by atoms with Crippen LogP contribution in [0.1, 0.15) is 45.7 Å². The van der Waals surface area contributed by atoms with E-state index in [0.717, 1.165) is 12.1 Å². The Morgan fingerprint density at radius 2 is 1.74 bits per heavy atom. The van der Waals surface area contributed by atoms with Crippen LogP contribution in [0.5, 0.6) is 0 Å². The molecule has 1 aliphatic heterocycles. The lowest BCUT2D eigenvalue weighted by Crippen LogP contribution is -2.30. The van der Waals surface area contributed by atoms with Crippen molar-refractivity contribution < 1.29 is 14.0 Å². The highest BCUT2D eigenvalue weighted by Gasteiger charge is 2.18. The predicted octanol–water partition coefficient (Wildman–Crippen LogP) is 3.21. The Balaban J connectivity index is 1.74. The van der Waals surface area contributed by atoms with Crippen LogP contribution in [0.4, 0.5) is 10.1 Å². The number of nitrogens with zero attached hydrogens (tertiary/aromatic N) is 1. The van der Waals surface area contributed by atoms with Gasteiger partial charge in [0.1, 0.15) is 5.82 Å². The average Bonchev–Trinajstić information content (AvgIpc) is 2.71. The maximum atomic E-state index is 14.7. The molecule has 2 amide bonds. The quantitative estimate of drug-likeness (QED) is 0.851. The van der Waals surface area contributed by atoms with E-state index in [2.05, 4.69) is 10.6 Å². The molecule has 1 heterocycles. The van der Waals surface area contributed by atoms with Crippen molar-refractivity contribution >= 4 is 17.5 Å². The summed E-state index contributed by atoms with van der Waals surface area (Å²) in [6.45, 7) is 6.47. The molecule has 142 valence electrons. The molecule has 0 fully saturated rings. The fourth-order valence-electron chi connectivity index (χ4n) is 3.28. The first-order chi connectivity index (χ1) is 13.0. The van der Waals surface area contributed by atoms with E-state index in [9.17, 15) is 14.0 Å². The number of carbonyl (C=O) groups excluding carboxylic acids is 2. The maximum absolute atomic E-state index is 14.7. The number of anilines is 1. The van der Waals surface area contributed by atoms with E-state index in [1.165, 1.54) is 0 Å². The third kappa shape index (κ3) is 4.01.